The minimum absolute atomic E-state index is 0.0616. The van der Waals surface area contributed by atoms with Crippen molar-refractivity contribution < 1.29 is 9.47 Å². The first-order chi connectivity index (χ1) is 10.2. The summed E-state index contributed by atoms with van der Waals surface area (Å²) in [5, 5.41) is 8.31. The molecule has 0 saturated carbocycles. The van der Waals surface area contributed by atoms with Crippen LogP contribution in [0.15, 0.2) is 0 Å². The van der Waals surface area contributed by atoms with E-state index in [0.29, 0.717) is 12.6 Å². The van der Waals surface area contributed by atoms with E-state index in [-0.39, 0.29) is 11.2 Å². The lowest BCUT2D eigenvalue weighted by molar-refractivity contribution is -0.0699. The van der Waals surface area contributed by atoms with Gasteiger partial charge in [0, 0.05) is 31.0 Å². The lowest BCUT2D eigenvalue weighted by atomic mass is 9.94. The zero-order valence-electron chi connectivity index (χ0n) is 15.1. The van der Waals surface area contributed by atoms with Gasteiger partial charge in [-0.3, -0.25) is 4.68 Å². The van der Waals surface area contributed by atoms with Gasteiger partial charge >= 0.3 is 0 Å². The summed E-state index contributed by atoms with van der Waals surface area (Å²) in [6.45, 7) is 15.2. The van der Waals surface area contributed by atoms with Crippen LogP contribution in [0.2, 0.25) is 0 Å². The van der Waals surface area contributed by atoms with Gasteiger partial charge in [0.1, 0.15) is 0 Å². The van der Waals surface area contributed by atoms with Crippen LogP contribution in [0.25, 0.3) is 0 Å². The van der Waals surface area contributed by atoms with Crippen LogP contribution in [0.1, 0.15) is 51.1 Å². The van der Waals surface area contributed by atoms with Crippen molar-refractivity contribution in [3.05, 3.63) is 17.0 Å². The van der Waals surface area contributed by atoms with Gasteiger partial charge in [-0.15, -0.1) is 0 Å². The summed E-state index contributed by atoms with van der Waals surface area (Å²) in [7, 11) is 1.72. The van der Waals surface area contributed by atoms with Gasteiger partial charge in [0.2, 0.25) is 0 Å². The minimum Gasteiger partial charge on any atom is -0.383 e. The molecule has 1 aliphatic heterocycles. The monoisotopic (exact) mass is 309 g/mol. The molecule has 5 nitrogen and oxygen atoms in total. The fraction of sp³-hybridized carbons (Fsp3) is 0.824. The molecule has 5 heteroatoms. The Morgan fingerprint density at radius 3 is 2.55 bits per heavy atom. The fourth-order valence-electron chi connectivity index (χ4n) is 3.49. The van der Waals surface area contributed by atoms with Crippen molar-refractivity contribution in [3.8, 4) is 0 Å². The highest BCUT2D eigenvalue weighted by Gasteiger charge is 2.45. The number of nitrogens with zero attached hydrogens (tertiary/aromatic N) is 2. The molecule has 1 fully saturated rings. The van der Waals surface area contributed by atoms with E-state index in [9.17, 15) is 0 Å². The van der Waals surface area contributed by atoms with Crippen molar-refractivity contribution in [2.75, 3.05) is 13.7 Å². The van der Waals surface area contributed by atoms with Crippen molar-refractivity contribution >= 4 is 0 Å². The van der Waals surface area contributed by atoms with Crippen molar-refractivity contribution in [1.29, 1.82) is 0 Å². The Morgan fingerprint density at radius 2 is 2.00 bits per heavy atom. The summed E-state index contributed by atoms with van der Waals surface area (Å²) in [6, 6.07) is 0.351. The molecule has 1 unspecified atom stereocenters. The largest absolute Gasteiger partial charge is 0.383 e. The molecule has 1 aliphatic rings. The Bertz CT molecular complexity index is 520. The molecule has 1 aromatic heterocycles. The average Bonchev–Trinajstić information content (AvgIpc) is 2.77. The summed E-state index contributed by atoms with van der Waals surface area (Å²) in [6.07, 6.45) is 1.02. The predicted octanol–water partition coefficient (Wildman–Crippen LogP) is 2.58. The topological polar surface area (TPSA) is 48.3 Å². The van der Waals surface area contributed by atoms with Gasteiger partial charge in [-0.05, 0) is 48.0 Å². The Balaban J connectivity index is 2.04. The van der Waals surface area contributed by atoms with Crippen LogP contribution in [0.4, 0.5) is 0 Å². The molecule has 126 valence electrons. The molecular formula is C17H31N3O2. The maximum atomic E-state index is 6.16. The fourth-order valence-corrected chi connectivity index (χ4v) is 3.49. The number of hydrogen-bond acceptors (Lipinski definition) is 4. The first-order valence-corrected chi connectivity index (χ1v) is 8.11. The highest BCUT2D eigenvalue weighted by atomic mass is 16.5. The molecule has 2 rings (SSSR count). The SMILES string of the molecule is COCCn1nc(C)c(CNC2CC(C)(C)OC2(C)C)c1C. The Morgan fingerprint density at radius 1 is 1.32 bits per heavy atom. The third kappa shape index (κ3) is 3.70. The summed E-state index contributed by atoms with van der Waals surface area (Å²) in [5.41, 5.74) is 3.40. The van der Waals surface area contributed by atoms with Crippen molar-refractivity contribution in [2.24, 2.45) is 0 Å². The normalized spacial score (nSPS) is 23.1. The molecule has 1 saturated heterocycles. The molecule has 22 heavy (non-hydrogen) atoms. The van der Waals surface area contributed by atoms with E-state index >= 15 is 0 Å². The number of hydrogen-bond donors (Lipinski definition) is 1. The van der Waals surface area contributed by atoms with Gasteiger partial charge in [0.15, 0.2) is 0 Å². The van der Waals surface area contributed by atoms with Gasteiger partial charge in [0.25, 0.3) is 0 Å². The van der Waals surface area contributed by atoms with Gasteiger partial charge in [-0.2, -0.15) is 5.10 Å². The third-order valence-electron chi connectivity index (χ3n) is 4.64. The van der Waals surface area contributed by atoms with Crippen LogP contribution in [0.5, 0.6) is 0 Å². The number of aromatic nitrogens is 2. The molecule has 0 radical (unpaired) electrons. The maximum Gasteiger partial charge on any atom is 0.0787 e. The zero-order valence-corrected chi connectivity index (χ0v) is 15.1. The predicted molar refractivity (Wildman–Crippen MR) is 88.1 cm³/mol. The number of rotatable bonds is 6. The molecule has 2 heterocycles. The van der Waals surface area contributed by atoms with E-state index in [1.165, 1.54) is 11.3 Å². The highest BCUT2D eigenvalue weighted by molar-refractivity contribution is 5.24. The molecule has 1 N–H and O–H groups in total. The van der Waals surface area contributed by atoms with Crippen molar-refractivity contribution in [1.82, 2.24) is 15.1 Å². The molecule has 0 spiro atoms. The number of nitrogens with one attached hydrogen (secondary N) is 1. The molecular weight excluding hydrogens is 278 g/mol. The van der Waals surface area contributed by atoms with Gasteiger partial charge in [-0.1, -0.05) is 0 Å². The van der Waals surface area contributed by atoms with Crippen molar-refractivity contribution in [2.45, 2.75) is 78.3 Å². The van der Waals surface area contributed by atoms with E-state index in [4.69, 9.17) is 9.47 Å². The Kier molecular flexibility index (Phi) is 5.00. The molecule has 0 aromatic carbocycles. The third-order valence-corrected chi connectivity index (χ3v) is 4.64. The van der Waals surface area contributed by atoms with Crippen LogP contribution >= 0.6 is 0 Å². The Labute approximate surface area is 134 Å². The van der Waals surface area contributed by atoms with Gasteiger partial charge in [0.05, 0.1) is 30.0 Å². The van der Waals surface area contributed by atoms with E-state index in [0.717, 1.165) is 25.2 Å². The van der Waals surface area contributed by atoms with Gasteiger partial charge < -0.3 is 14.8 Å². The second-order valence-corrected chi connectivity index (χ2v) is 7.47. The molecule has 0 amide bonds. The molecule has 0 bridgehead atoms. The quantitative estimate of drug-likeness (QED) is 0.877. The van der Waals surface area contributed by atoms with E-state index < -0.39 is 0 Å². The van der Waals surface area contributed by atoms with Crippen LogP contribution in [-0.4, -0.2) is 40.7 Å². The summed E-state index contributed by atoms with van der Waals surface area (Å²) < 4.78 is 13.3. The number of aryl methyl sites for hydroxylation is 1. The second kappa shape index (κ2) is 6.30. The van der Waals surface area contributed by atoms with Gasteiger partial charge in [-0.25, -0.2) is 0 Å². The Hall–Kier alpha value is -0.910. The van der Waals surface area contributed by atoms with E-state index in [1.807, 2.05) is 4.68 Å². The highest BCUT2D eigenvalue weighted by Crippen LogP contribution is 2.37. The van der Waals surface area contributed by atoms with Crippen LogP contribution < -0.4 is 5.32 Å². The zero-order chi connectivity index (χ0) is 16.5. The summed E-state index contributed by atoms with van der Waals surface area (Å²) in [5.74, 6) is 0. The first kappa shape index (κ1) is 17.4. The lowest BCUT2D eigenvalue weighted by Crippen LogP contribution is -2.43. The second-order valence-electron chi connectivity index (χ2n) is 7.47. The van der Waals surface area contributed by atoms with Crippen LogP contribution in [0, 0.1) is 13.8 Å². The first-order valence-electron chi connectivity index (χ1n) is 8.11. The minimum atomic E-state index is -0.142. The summed E-state index contributed by atoms with van der Waals surface area (Å²) >= 11 is 0. The maximum absolute atomic E-state index is 6.16. The standard InChI is InChI=1S/C17H31N3O2/c1-12-14(13(2)20(19-12)8-9-21-7)11-18-15-10-16(3,4)22-17(15,5)6/h15,18H,8-11H2,1-7H3. The molecule has 1 atom stereocenters. The summed E-state index contributed by atoms with van der Waals surface area (Å²) in [4.78, 5) is 0. The number of ether oxygens (including phenoxy) is 2. The number of methoxy groups -OCH3 is 1. The lowest BCUT2D eigenvalue weighted by Gasteiger charge is -2.28. The smallest absolute Gasteiger partial charge is 0.0787 e. The van der Waals surface area contributed by atoms with Crippen LogP contribution in [0.3, 0.4) is 0 Å². The van der Waals surface area contributed by atoms with Crippen molar-refractivity contribution in [3.63, 3.8) is 0 Å². The van der Waals surface area contributed by atoms with E-state index in [2.05, 4.69) is 52.0 Å². The average molecular weight is 309 g/mol. The van der Waals surface area contributed by atoms with Crippen LogP contribution in [-0.2, 0) is 22.6 Å². The molecule has 1 aromatic rings. The van der Waals surface area contributed by atoms with E-state index in [1.54, 1.807) is 7.11 Å². The molecule has 0 aliphatic carbocycles.